The molecule has 22 heavy (non-hydrogen) atoms. The third-order valence-electron chi connectivity index (χ3n) is 2.68. The third-order valence-corrected chi connectivity index (χ3v) is 4.00. The van der Waals surface area contributed by atoms with Crippen molar-refractivity contribution in [2.75, 3.05) is 26.3 Å². The van der Waals surface area contributed by atoms with Gasteiger partial charge in [0.15, 0.2) is 5.96 Å². The number of rotatable bonds is 7. The third kappa shape index (κ3) is 8.28. The van der Waals surface area contributed by atoms with Gasteiger partial charge in [0.2, 0.25) is 0 Å². The molecule has 1 rings (SSSR count). The van der Waals surface area contributed by atoms with E-state index in [1.54, 1.807) is 11.3 Å². The van der Waals surface area contributed by atoms with Crippen molar-refractivity contribution >= 4 is 41.3 Å². The summed E-state index contributed by atoms with van der Waals surface area (Å²) in [4.78, 5) is 9.21. The summed E-state index contributed by atoms with van der Waals surface area (Å²) < 4.78 is 5.31. The van der Waals surface area contributed by atoms with E-state index in [0.717, 1.165) is 36.4 Å². The fourth-order valence-corrected chi connectivity index (χ4v) is 2.51. The number of thiazole rings is 1. The van der Waals surface area contributed by atoms with Crippen LogP contribution in [0.5, 0.6) is 0 Å². The molecule has 0 amide bonds. The SMILES string of the molecule is CCNC(=NCc1csc(C(C)(C)C)n1)NCCOCC.I. The van der Waals surface area contributed by atoms with Crippen molar-refractivity contribution in [1.29, 1.82) is 0 Å². The zero-order valence-electron chi connectivity index (χ0n) is 14.2. The molecule has 0 unspecified atom stereocenters. The normalized spacial score (nSPS) is 12.0. The van der Waals surface area contributed by atoms with Crippen LogP contribution in [0.3, 0.4) is 0 Å². The Hall–Kier alpha value is -0.410. The van der Waals surface area contributed by atoms with Crippen LogP contribution in [0.25, 0.3) is 0 Å². The van der Waals surface area contributed by atoms with Crippen molar-refractivity contribution in [3.05, 3.63) is 16.1 Å². The van der Waals surface area contributed by atoms with Crippen molar-refractivity contribution in [2.24, 2.45) is 4.99 Å². The molecular weight excluding hydrogens is 411 g/mol. The molecule has 2 N–H and O–H groups in total. The van der Waals surface area contributed by atoms with Gasteiger partial charge in [-0.05, 0) is 13.8 Å². The molecule has 1 aromatic heterocycles. The summed E-state index contributed by atoms with van der Waals surface area (Å²) in [6, 6.07) is 0. The second-order valence-electron chi connectivity index (χ2n) is 5.71. The molecule has 0 atom stereocenters. The molecule has 0 saturated heterocycles. The highest BCUT2D eigenvalue weighted by Gasteiger charge is 2.17. The summed E-state index contributed by atoms with van der Waals surface area (Å²) in [6.45, 7) is 14.2. The van der Waals surface area contributed by atoms with E-state index in [1.807, 2.05) is 6.92 Å². The van der Waals surface area contributed by atoms with E-state index in [2.05, 4.69) is 53.7 Å². The van der Waals surface area contributed by atoms with Crippen LogP contribution in [-0.4, -0.2) is 37.2 Å². The molecule has 0 bridgehead atoms. The number of aromatic nitrogens is 1. The molecule has 128 valence electrons. The lowest BCUT2D eigenvalue weighted by Crippen LogP contribution is -2.39. The van der Waals surface area contributed by atoms with Crippen LogP contribution < -0.4 is 10.6 Å². The summed E-state index contributed by atoms with van der Waals surface area (Å²) in [7, 11) is 0. The summed E-state index contributed by atoms with van der Waals surface area (Å²) >= 11 is 1.70. The zero-order chi connectivity index (χ0) is 15.7. The number of hydrogen-bond acceptors (Lipinski definition) is 4. The maximum Gasteiger partial charge on any atom is 0.191 e. The Balaban J connectivity index is 0.00000441. The van der Waals surface area contributed by atoms with Crippen molar-refractivity contribution in [1.82, 2.24) is 15.6 Å². The van der Waals surface area contributed by atoms with E-state index in [9.17, 15) is 0 Å². The van der Waals surface area contributed by atoms with E-state index in [1.165, 1.54) is 0 Å². The van der Waals surface area contributed by atoms with E-state index in [4.69, 9.17) is 4.74 Å². The van der Waals surface area contributed by atoms with Crippen LogP contribution in [0.2, 0.25) is 0 Å². The first kappa shape index (κ1) is 21.6. The molecule has 0 aliphatic carbocycles. The maximum atomic E-state index is 5.31. The molecule has 1 aromatic rings. The lowest BCUT2D eigenvalue weighted by Gasteiger charge is -2.13. The average Bonchev–Trinajstić information content (AvgIpc) is 2.89. The van der Waals surface area contributed by atoms with Crippen molar-refractivity contribution in [3.8, 4) is 0 Å². The molecule has 0 saturated carbocycles. The fourth-order valence-electron chi connectivity index (χ4n) is 1.61. The predicted molar refractivity (Wildman–Crippen MR) is 106 cm³/mol. The molecule has 1 heterocycles. The van der Waals surface area contributed by atoms with Gasteiger partial charge in [-0.2, -0.15) is 0 Å². The number of ether oxygens (including phenoxy) is 1. The Labute approximate surface area is 155 Å². The van der Waals surface area contributed by atoms with Gasteiger partial charge in [-0.25, -0.2) is 9.98 Å². The number of halogens is 1. The predicted octanol–water partition coefficient (Wildman–Crippen LogP) is 3.15. The van der Waals surface area contributed by atoms with Gasteiger partial charge in [0.05, 0.1) is 23.9 Å². The second-order valence-corrected chi connectivity index (χ2v) is 6.57. The van der Waals surface area contributed by atoms with Gasteiger partial charge in [-0.1, -0.05) is 20.8 Å². The molecule has 5 nitrogen and oxygen atoms in total. The smallest absolute Gasteiger partial charge is 0.191 e. The van der Waals surface area contributed by atoms with Gasteiger partial charge in [-0.15, -0.1) is 35.3 Å². The average molecular weight is 440 g/mol. The Kier molecular flexibility index (Phi) is 11.0. The summed E-state index contributed by atoms with van der Waals surface area (Å²) in [5.41, 5.74) is 1.12. The molecule has 7 heteroatoms. The first-order valence-corrected chi connectivity index (χ1v) is 8.40. The van der Waals surface area contributed by atoms with Gasteiger partial charge in [0, 0.05) is 30.5 Å². The van der Waals surface area contributed by atoms with E-state index in [-0.39, 0.29) is 29.4 Å². The fraction of sp³-hybridized carbons (Fsp3) is 0.733. The van der Waals surface area contributed by atoms with Crippen LogP contribution in [0, 0.1) is 0 Å². The Morgan fingerprint density at radius 3 is 2.59 bits per heavy atom. The van der Waals surface area contributed by atoms with Crippen LogP contribution >= 0.6 is 35.3 Å². The van der Waals surface area contributed by atoms with E-state index >= 15 is 0 Å². The highest BCUT2D eigenvalue weighted by atomic mass is 127. The largest absolute Gasteiger partial charge is 0.380 e. The molecule has 0 aliphatic heterocycles. The second kappa shape index (κ2) is 11.2. The summed E-state index contributed by atoms with van der Waals surface area (Å²) in [6.07, 6.45) is 0. The highest BCUT2D eigenvalue weighted by Crippen LogP contribution is 2.25. The van der Waals surface area contributed by atoms with Crippen molar-refractivity contribution < 1.29 is 4.74 Å². The number of hydrogen-bond donors (Lipinski definition) is 2. The number of guanidine groups is 1. The Bertz CT molecular complexity index is 443. The first-order valence-electron chi connectivity index (χ1n) is 7.52. The monoisotopic (exact) mass is 440 g/mol. The molecule has 0 fully saturated rings. The van der Waals surface area contributed by atoms with Crippen molar-refractivity contribution in [3.63, 3.8) is 0 Å². The Morgan fingerprint density at radius 1 is 1.32 bits per heavy atom. The molecule has 0 aliphatic rings. The summed E-state index contributed by atoms with van der Waals surface area (Å²) in [5, 5.41) is 9.72. The van der Waals surface area contributed by atoms with Gasteiger partial charge < -0.3 is 15.4 Å². The zero-order valence-corrected chi connectivity index (χ0v) is 17.4. The Morgan fingerprint density at radius 2 is 2.05 bits per heavy atom. The minimum atomic E-state index is 0. The first-order chi connectivity index (χ1) is 9.97. The van der Waals surface area contributed by atoms with Crippen LogP contribution in [0.4, 0.5) is 0 Å². The van der Waals surface area contributed by atoms with Gasteiger partial charge in [0.1, 0.15) is 0 Å². The van der Waals surface area contributed by atoms with E-state index in [0.29, 0.717) is 13.2 Å². The van der Waals surface area contributed by atoms with Gasteiger partial charge >= 0.3 is 0 Å². The van der Waals surface area contributed by atoms with Crippen LogP contribution in [0.1, 0.15) is 45.3 Å². The highest BCUT2D eigenvalue weighted by molar-refractivity contribution is 14.0. The molecule has 0 aromatic carbocycles. The minimum Gasteiger partial charge on any atom is -0.380 e. The lowest BCUT2D eigenvalue weighted by molar-refractivity contribution is 0.152. The number of nitrogens with one attached hydrogen (secondary N) is 2. The number of aliphatic imine (C=N–C) groups is 1. The van der Waals surface area contributed by atoms with E-state index < -0.39 is 0 Å². The van der Waals surface area contributed by atoms with Crippen LogP contribution in [0.15, 0.2) is 10.4 Å². The van der Waals surface area contributed by atoms with Gasteiger partial charge in [0.25, 0.3) is 0 Å². The van der Waals surface area contributed by atoms with Gasteiger partial charge in [-0.3, -0.25) is 0 Å². The summed E-state index contributed by atoms with van der Waals surface area (Å²) in [5.74, 6) is 0.808. The number of nitrogens with zero attached hydrogens (tertiary/aromatic N) is 2. The quantitative estimate of drug-likeness (QED) is 0.296. The maximum absolute atomic E-state index is 5.31. The molecular formula is C15H29IN4OS. The lowest BCUT2D eigenvalue weighted by atomic mass is 9.98. The van der Waals surface area contributed by atoms with Crippen LogP contribution in [-0.2, 0) is 16.7 Å². The molecule has 0 spiro atoms. The molecule has 0 radical (unpaired) electrons. The topological polar surface area (TPSA) is 58.5 Å². The van der Waals surface area contributed by atoms with Crippen molar-refractivity contribution in [2.45, 2.75) is 46.6 Å². The standard InChI is InChI=1S/C15H28N4OS.HI/c1-6-16-14(17-8-9-20-7-2)18-10-12-11-21-13(19-12)15(3,4)5;/h11H,6-10H2,1-5H3,(H2,16,17,18);1H. The minimum absolute atomic E-state index is 0.